The monoisotopic (exact) mass is 297 g/mol. The Bertz CT molecular complexity index is 671. The molecule has 2 aromatic rings. The first-order valence-electron chi connectivity index (χ1n) is 7.01. The van der Waals surface area contributed by atoms with Gasteiger partial charge in [-0.05, 0) is 42.7 Å². The van der Waals surface area contributed by atoms with Crippen LogP contribution in [0.2, 0.25) is 0 Å². The highest BCUT2D eigenvalue weighted by Crippen LogP contribution is 2.25. The number of hydrogen-bond acceptors (Lipinski definition) is 4. The predicted octanol–water partition coefficient (Wildman–Crippen LogP) is 4.05. The van der Waals surface area contributed by atoms with E-state index in [4.69, 9.17) is 9.57 Å². The topological polar surface area (TPSA) is 47.9 Å². The van der Waals surface area contributed by atoms with Gasteiger partial charge >= 0.3 is 5.97 Å². The number of benzene rings is 2. The number of hydrogen-bond donors (Lipinski definition) is 0. The number of nitrogens with zero attached hydrogens (tertiary/aromatic N) is 1. The number of rotatable bonds is 5. The van der Waals surface area contributed by atoms with Gasteiger partial charge in [0.2, 0.25) is 0 Å². The van der Waals surface area contributed by atoms with E-state index in [1.165, 1.54) is 7.11 Å². The quantitative estimate of drug-likeness (QED) is 0.475. The van der Waals surface area contributed by atoms with E-state index < -0.39 is 0 Å². The largest absolute Gasteiger partial charge is 0.465 e. The van der Waals surface area contributed by atoms with Crippen LogP contribution in [0.3, 0.4) is 0 Å². The van der Waals surface area contributed by atoms with Gasteiger partial charge in [-0.25, -0.2) is 4.79 Å². The highest BCUT2D eigenvalue weighted by molar-refractivity contribution is 5.90. The van der Waals surface area contributed by atoms with E-state index in [1.807, 2.05) is 50.2 Å². The Morgan fingerprint density at radius 2 is 1.73 bits per heavy atom. The van der Waals surface area contributed by atoms with Crippen molar-refractivity contribution in [2.75, 3.05) is 7.11 Å². The molecule has 114 valence electrons. The molecular weight excluding hydrogens is 278 g/mol. The van der Waals surface area contributed by atoms with Crippen LogP contribution in [0, 0.1) is 0 Å². The summed E-state index contributed by atoms with van der Waals surface area (Å²) in [5.41, 5.74) is 4.52. The molecule has 0 radical (unpaired) electrons. The lowest BCUT2D eigenvalue weighted by atomic mass is 9.99. The minimum Gasteiger partial charge on any atom is -0.465 e. The van der Waals surface area contributed by atoms with Crippen molar-refractivity contribution in [1.29, 1.82) is 0 Å². The molecule has 0 aliphatic heterocycles. The third kappa shape index (κ3) is 3.95. The lowest BCUT2D eigenvalue weighted by Gasteiger charge is -2.09. The van der Waals surface area contributed by atoms with Crippen molar-refractivity contribution in [3.05, 3.63) is 59.7 Å². The fourth-order valence-electron chi connectivity index (χ4n) is 2.06. The summed E-state index contributed by atoms with van der Waals surface area (Å²) in [6.07, 6.45) is 0. The molecule has 0 saturated heterocycles. The second-order valence-corrected chi connectivity index (χ2v) is 5.04. The molecule has 0 aliphatic rings. The van der Waals surface area contributed by atoms with Crippen LogP contribution in [-0.4, -0.2) is 18.8 Å². The van der Waals surface area contributed by atoms with Crippen LogP contribution < -0.4 is 0 Å². The molecule has 0 fully saturated rings. The summed E-state index contributed by atoms with van der Waals surface area (Å²) in [5, 5.41) is 3.96. The summed E-state index contributed by atoms with van der Waals surface area (Å²) in [6, 6.07) is 15.3. The number of methoxy groups -OCH3 is 1. The van der Waals surface area contributed by atoms with E-state index in [1.54, 1.807) is 12.1 Å². The maximum absolute atomic E-state index is 11.5. The molecule has 0 unspecified atom stereocenters. The molecule has 0 N–H and O–H groups in total. The predicted molar refractivity (Wildman–Crippen MR) is 86.8 cm³/mol. The van der Waals surface area contributed by atoms with Crippen molar-refractivity contribution in [3.8, 4) is 11.1 Å². The van der Waals surface area contributed by atoms with Crippen molar-refractivity contribution >= 4 is 11.7 Å². The fraction of sp³-hybridized carbons (Fsp3) is 0.222. The van der Waals surface area contributed by atoms with Gasteiger partial charge in [0.15, 0.2) is 0 Å². The molecule has 0 aromatic heterocycles. The van der Waals surface area contributed by atoms with Crippen molar-refractivity contribution in [3.63, 3.8) is 0 Å². The first kappa shape index (κ1) is 15.8. The second-order valence-electron chi connectivity index (χ2n) is 5.04. The zero-order chi connectivity index (χ0) is 15.9. The highest BCUT2D eigenvalue weighted by Gasteiger charge is 2.08. The second kappa shape index (κ2) is 7.41. The van der Waals surface area contributed by atoms with Gasteiger partial charge in [0.05, 0.1) is 18.4 Å². The van der Waals surface area contributed by atoms with Crippen LogP contribution in [0.1, 0.15) is 29.8 Å². The van der Waals surface area contributed by atoms with Gasteiger partial charge in [0, 0.05) is 0 Å². The zero-order valence-corrected chi connectivity index (χ0v) is 13.0. The third-order valence-corrected chi connectivity index (χ3v) is 3.10. The van der Waals surface area contributed by atoms with Gasteiger partial charge < -0.3 is 9.57 Å². The Hall–Kier alpha value is -2.62. The zero-order valence-electron chi connectivity index (χ0n) is 13.0. The summed E-state index contributed by atoms with van der Waals surface area (Å²) in [6.45, 7) is 4.18. The minimum atomic E-state index is -0.337. The molecule has 2 aromatic carbocycles. The number of esters is 1. The van der Waals surface area contributed by atoms with E-state index in [0.29, 0.717) is 12.2 Å². The van der Waals surface area contributed by atoms with Gasteiger partial charge in [0.25, 0.3) is 0 Å². The SMILES string of the molecule is COC(=O)c1ccc(-c2ccccc2CON=C(C)C)cc1. The molecule has 0 atom stereocenters. The first-order chi connectivity index (χ1) is 10.6. The van der Waals surface area contributed by atoms with Gasteiger partial charge in [-0.3, -0.25) is 0 Å². The third-order valence-electron chi connectivity index (χ3n) is 3.10. The van der Waals surface area contributed by atoms with E-state index in [2.05, 4.69) is 5.16 Å². The summed E-state index contributed by atoms with van der Waals surface area (Å²) >= 11 is 0. The van der Waals surface area contributed by atoms with Gasteiger partial charge in [-0.1, -0.05) is 41.6 Å². The van der Waals surface area contributed by atoms with Crippen LogP contribution >= 0.6 is 0 Å². The molecule has 0 bridgehead atoms. The Morgan fingerprint density at radius 3 is 2.36 bits per heavy atom. The number of ether oxygens (including phenoxy) is 1. The molecule has 0 saturated carbocycles. The Balaban J connectivity index is 2.25. The van der Waals surface area contributed by atoms with E-state index >= 15 is 0 Å². The molecule has 4 heteroatoms. The lowest BCUT2D eigenvalue weighted by molar-refractivity contribution is 0.0601. The van der Waals surface area contributed by atoms with Crippen molar-refractivity contribution < 1.29 is 14.4 Å². The molecule has 0 amide bonds. The van der Waals surface area contributed by atoms with E-state index in [9.17, 15) is 4.79 Å². The van der Waals surface area contributed by atoms with Crippen molar-refractivity contribution in [2.45, 2.75) is 20.5 Å². The van der Waals surface area contributed by atoms with Crippen molar-refractivity contribution in [2.24, 2.45) is 5.16 Å². The van der Waals surface area contributed by atoms with Crippen LogP contribution in [0.4, 0.5) is 0 Å². The van der Waals surface area contributed by atoms with E-state index in [-0.39, 0.29) is 5.97 Å². The molecule has 0 aliphatic carbocycles. The van der Waals surface area contributed by atoms with Crippen LogP contribution in [0.5, 0.6) is 0 Å². The average molecular weight is 297 g/mol. The molecular formula is C18H19NO3. The number of carbonyl (C=O) groups excluding carboxylic acids is 1. The van der Waals surface area contributed by atoms with Gasteiger partial charge in [-0.2, -0.15) is 0 Å². The van der Waals surface area contributed by atoms with Gasteiger partial charge in [0.1, 0.15) is 6.61 Å². The summed E-state index contributed by atoms with van der Waals surface area (Å²) < 4.78 is 4.71. The molecule has 0 heterocycles. The lowest BCUT2D eigenvalue weighted by Crippen LogP contribution is -2.00. The Morgan fingerprint density at radius 1 is 1.05 bits per heavy atom. The maximum atomic E-state index is 11.5. The standard InChI is InChI=1S/C18H19NO3/c1-13(2)19-22-12-16-6-4-5-7-17(16)14-8-10-15(11-9-14)18(20)21-3/h4-11H,12H2,1-3H3. The summed E-state index contributed by atoms with van der Waals surface area (Å²) in [5.74, 6) is -0.337. The first-order valence-corrected chi connectivity index (χ1v) is 7.01. The molecule has 22 heavy (non-hydrogen) atoms. The number of carbonyl (C=O) groups is 1. The van der Waals surface area contributed by atoms with Crippen LogP contribution in [0.25, 0.3) is 11.1 Å². The molecule has 2 rings (SSSR count). The molecule has 4 nitrogen and oxygen atoms in total. The smallest absolute Gasteiger partial charge is 0.337 e. The fourth-order valence-corrected chi connectivity index (χ4v) is 2.06. The Kier molecular flexibility index (Phi) is 5.31. The summed E-state index contributed by atoms with van der Waals surface area (Å²) in [7, 11) is 1.37. The van der Waals surface area contributed by atoms with Crippen molar-refractivity contribution in [1.82, 2.24) is 0 Å². The normalized spacial score (nSPS) is 9.95. The highest BCUT2D eigenvalue weighted by atomic mass is 16.6. The van der Waals surface area contributed by atoms with Crippen LogP contribution in [-0.2, 0) is 16.2 Å². The van der Waals surface area contributed by atoms with Gasteiger partial charge in [-0.15, -0.1) is 0 Å². The van der Waals surface area contributed by atoms with Crippen LogP contribution in [0.15, 0.2) is 53.7 Å². The van der Waals surface area contributed by atoms with E-state index in [0.717, 1.165) is 22.4 Å². The Labute approximate surface area is 130 Å². The average Bonchev–Trinajstić information content (AvgIpc) is 2.54. The molecule has 0 spiro atoms. The summed E-state index contributed by atoms with van der Waals surface area (Å²) in [4.78, 5) is 16.8. The number of oxime groups is 1. The maximum Gasteiger partial charge on any atom is 0.337 e. The minimum absolute atomic E-state index is 0.337.